The van der Waals surface area contributed by atoms with Crippen LogP contribution in [0.4, 0.5) is 11.4 Å². The van der Waals surface area contributed by atoms with E-state index in [1.807, 2.05) is 19.1 Å². The number of nitrogens with zero attached hydrogens (tertiary/aromatic N) is 2. The van der Waals surface area contributed by atoms with Crippen molar-refractivity contribution >= 4 is 17.3 Å². The SMILES string of the molecule is CCC(C)(OC)C(=O)Nc1ccc(N2CCN(C)CC2)cc1. The molecule has 1 aliphatic rings. The minimum Gasteiger partial charge on any atom is -0.369 e. The number of carbonyl (C=O) groups excluding carboxylic acids is 1. The molecule has 0 saturated carbocycles. The second-order valence-corrected chi connectivity index (χ2v) is 6.08. The molecule has 5 nitrogen and oxygen atoms in total. The molecule has 1 aromatic rings. The summed E-state index contributed by atoms with van der Waals surface area (Å²) in [5.41, 5.74) is 1.23. The number of rotatable bonds is 5. The first-order valence-electron chi connectivity index (χ1n) is 7.88. The van der Waals surface area contributed by atoms with Crippen molar-refractivity contribution in [1.82, 2.24) is 4.90 Å². The molecule has 1 saturated heterocycles. The van der Waals surface area contributed by atoms with Crippen LogP contribution in [0, 0.1) is 0 Å². The Morgan fingerprint density at radius 2 is 1.82 bits per heavy atom. The average molecular weight is 305 g/mol. The molecular formula is C17H27N3O2. The van der Waals surface area contributed by atoms with Crippen molar-refractivity contribution in [3.05, 3.63) is 24.3 Å². The molecule has 1 amide bonds. The van der Waals surface area contributed by atoms with Gasteiger partial charge in [0.25, 0.3) is 5.91 Å². The smallest absolute Gasteiger partial charge is 0.256 e. The van der Waals surface area contributed by atoms with E-state index in [-0.39, 0.29) is 5.91 Å². The van der Waals surface area contributed by atoms with Gasteiger partial charge in [-0.2, -0.15) is 0 Å². The molecule has 1 fully saturated rings. The lowest BCUT2D eigenvalue weighted by atomic mass is 10.0. The van der Waals surface area contributed by atoms with Gasteiger partial charge in [0.1, 0.15) is 5.60 Å². The lowest BCUT2D eigenvalue weighted by Gasteiger charge is -2.34. The Kier molecular flexibility index (Phi) is 5.42. The normalized spacial score (nSPS) is 18.8. The maximum atomic E-state index is 12.3. The van der Waals surface area contributed by atoms with Crippen LogP contribution in [0.1, 0.15) is 20.3 Å². The molecule has 1 N–H and O–H groups in total. The van der Waals surface area contributed by atoms with Crippen LogP contribution in [0.15, 0.2) is 24.3 Å². The summed E-state index contributed by atoms with van der Waals surface area (Å²) in [4.78, 5) is 17.0. The Balaban J connectivity index is 1.99. The molecular weight excluding hydrogens is 278 g/mol. The Morgan fingerprint density at radius 3 is 2.32 bits per heavy atom. The summed E-state index contributed by atoms with van der Waals surface area (Å²) >= 11 is 0. The number of likely N-dealkylation sites (N-methyl/N-ethyl adjacent to an activating group) is 1. The zero-order valence-corrected chi connectivity index (χ0v) is 14.1. The highest BCUT2D eigenvalue weighted by Crippen LogP contribution is 2.21. The minimum absolute atomic E-state index is 0.107. The number of amides is 1. The Hall–Kier alpha value is -1.59. The summed E-state index contributed by atoms with van der Waals surface area (Å²) < 4.78 is 5.32. The fourth-order valence-corrected chi connectivity index (χ4v) is 2.48. The van der Waals surface area contributed by atoms with Gasteiger partial charge in [-0.25, -0.2) is 0 Å². The average Bonchev–Trinajstić information content (AvgIpc) is 2.55. The number of anilines is 2. The van der Waals surface area contributed by atoms with Crippen LogP contribution in [0.3, 0.4) is 0 Å². The second kappa shape index (κ2) is 7.11. The molecule has 0 bridgehead atoms. The Morgan fingerprint density at radius 1 is 1.23 bits per heavy atom. The second-order valence-electron chi connectivity index (χ2n) is 6.08. The van der Waals surface area contributed by atoms with Crippen molar-refractivity contribution in [2.45, 2.75) is 25.9 Å². The standard InChI is InChI=1S/C17H27N3O2/c1-5-17(2,22-4)16(21)18-14-6-8-15(9-7-14)20-12-10-19(3)11-13-20/h6-9H,5,10-13H2,1-4H3,(H,18,21). The van der Waals surface area contributed by atoms with Crippen LogP contribution in [0.2, 0.25) is 0 Å². The number of carbonyl (C=O) groups is 1. The third-order valence-corrected chi connectivity index (χ3v) is 4.60. The van der Waals surface area contributed by atoms with Gasteiger partial charge < -0.3 is 19.9 Å². The minimum atomic E-state index is -0.782. The molecule has 0 aliphatic carbocycles. The maximum Gasteiger partial charge on any atom is 0.256 e. The first-order chi connectivity index (χ1) is 10.5. The van der Waals surface area contributed by atoms with Gasteiger partial charge in [-0.05, 0) is 44.7 Å². The van der Waals surface area contributed by atoms with Crippen LogP contribution in [-0.4, -0.2) is 56.7 Å². The van der Waals surface area contributed by atoms with Crippen LogP contribution >= 0.6 is 0 Å². The number of hydrogen-bond donors (Lipinski definition) is 1. The van der Waals surface area contributed by atoms with E-state index >= 15 is 0 Å². The van der Waals surface area contributed by atoms with Gasteiger partial charge in [-0.1, -0.05) is 6.92 Å². The first kappa shape index (κ1) is 16.8. The van der Waals surface area contributed by atoms with Gasteiger partial charge in [0.2, 0.25) is 0 Å². The van der Waals surface area contributed by atoms with Crippen molar-refractivity contribution in [2.24, 2.45) is 0 Å². The lowest BCUT2D eigenvalue weighted by Crippen LogP contribution is -2.44. The highest BCUT2D eigenvalue weighted by molar-refractivity contribution is 5.97. The molecule has 0 spiro atoms. The topological polar surface area (TPSA) is 44.8 Å². The van der Waals surface area contributed by atoms with Crippen molar-refractivity contribution in [3.8, 4) is 0 Å². The van der Waals surface area contributed by atoms with E-state index in [1.165, 1.54) is 5.69 Å². The quantitative estimate of drug-likeness (QED) is 0.906. The predicted molar refractivity (Wildman–Crippen MR) is 90.5 cm³/mol. The summed E-state index contributed by atoms with van der Waals surface area (Å²) in [6.07, 6.45) is 0.634. The van der Waals surface area contributed by atoms with Gasteiger partial charge in [-0.15, -0.1) is 0 Å². The number of piperazine rings is 1. The van der Waals surface area contributed by atoms with Gasteiger partial charge in [0.15, 0.2) is 0 Å². The molecule has 2 rings (SSSR count). The summed E-state index contributed by atoms with van der Waals surface area (Å²) in [6.45, 7) is 8.00. The molecule has 1 aromatic carbocycles. The summed E-state index contributed by atoms with van der Waals surface area (Å²) in [7, 11) is 3.72. The number of ether oxygens (including phenoxy) is 1. The van der Waals surface area contributed by atoms with Crippen LogP contribution in [-0.2, 0) is 9.53 Å². The maximum absolute atomic E-state index is 12.3. The number of benzene rings is 1. The third kappa shape index (κ3) is 3.78. The van der Waals surface area contributed by atoms with E-state index in [0.717, 1.165) is 31.9 Å². The van der Waals surface area contributed by atoms with E-state index in [4.69, 9.17) is 4.74 Å². The number of hydrogen-bond acceptors (Lipinski definition) is 4. The van der Waals surface area contributed by atoms with Gasteiger partial charge in [0.05, 0.1) is 0 Å². The van der Waals surface area contributed by atoms with Gasteiger partial charge in [0, 0.05) is 44.7 Å². The third-order valence-electron chi connectivity index (χ3n) is 4.60. The summed E-state index contributed by atoms with van der Waals surface area (Å²) in [5, 5.41) is 2.93. The molecule has 122 valence electrons. The number of nitrogens with one attached hydrogen (secondary N) is 1. The van der Waals surface area contributed by atoms with E-state index in [9.17, 15) is 4.79 Å². The van der Waals surface area contributed by atoms with Gasteiger partial charge in [-0.3, -0.25) is 4.79 Å². The molecule has 1 unspecified atom stereocenters. The summed E-state index contributed by atoms with van der Waals surface area (Å²) in [5.74, 6) is -0.107. The molecule has 1 heterocycles. The van der Waals surface area contributed by atoms with E-state index in [0.29, 0.717) is 6.42 Å². The van der Waals surface area contributed by atoms with Crippen LogP contribution in [0.5, 0.6) is 0 Å². The van der Waals surface area contributed by atoms with Crippen LogP contribution < -0.4 is 10.2 Å². The monoisotopic (exact) mass is 305 g/mol. The highest BCUT2D eigenvalue weighted by Gasteiger charge is 2.30. The Bertz CT molecular complexity index is 489. The van der Waals surface area contributed by atoms with Crippen molar-refractivity contribution in [1.29, 1.82) is 0 Å². The van der Waals surface area contributed by atoms with E-state index in [2.05, 4.69) is 34.3 Å². The van der Waals surface area contributed by atoms with Crippen molar-refractivity contribution < 1.29 is 9.53 Å². The zero-order valence-electron chi connectivity index (χ0n) is 14.1. The molecule has 1 atom stereocenters. The largest absolute Gasteiger partial charge is 0.369 e. The van der Waals surface area contributed by atoms with E-state index < -0.39 is 5.60 Å². The molecule has 22 heavy (non-hydrogen) atoms. The molecule has 0 aromatic heterocycles. The fraction of sp³-hybridized carbons (Fsp3) is 0.588. The molecule has 1 aliphatic heterocycles. The Labute approximate surface area is 133 Å². The zero-order chi connectivity index (χ0) is 16.2. The van der Waals surface area contributed by atoms with Gasteiger partial charge >= 0.3 is 0 Å². The highest BCUT2D eigenvalue weighted by atomic mass is 16.5. The fourth-order valence-electron chi connectivity index (χ4n) is 2.48. The van der Waals surface area contributed by atoms with Crippen molar-refractivity contribution in [3.63, 3.8) is 0 Å². The number of methoxy groups -OCH3 is 1. The lowest BCUT2D eigenvalue weighted by molar-refractivity contribution is -0.136. The predicted octanol–water partition coefficient (Wildman–Crippen LogP) is 2.19. The van der Waals surface area contributed by atoms with E-state index in [1.54, 1.807) is 14.0 Å². The first-order valence-corrected chi connectivity index (χ1v) is 7.88. The molecule has 0 radical (unpaired) electrons. The van der Waals surface area contributed by atoms with Crippen LogP contribution in [0.25, 0.3) is 0 Å². The summed E-state index contributed by atoms with van der Waals surface area (Å²) in [6, 6.07) is 8.04. The van der Waals surface area contributed by atoms with Crippen molar-refractivity contribution in [2.75, 3.05) is 50.6 Å². The molecule has 5 heteroatoms.